The predicted octanol–water partition coefficient (Wildman–Crippen LogP) is 0.439. The number of carbonyl (C=O) groups is 1. The minimum atomic E-state index is 0.0656. The number of hydrogen-bond donors (Lipinski definition) is 1. The first-order chi connectivity index (χ1) is 7.25. The van der Waals surface area contributed by atoms with Crippen LogP contribution in [-0.4, -0.2) is 54.7 Å². The summed E-state index contributed by atoms with van der Waals surface area (Å²) in [7, 11) is 0. The molecule has 1 aliphatic heterocycles. The van der Waals surface area contributed by atoms with Crippen LogP contribution in [0, 0.1) is 0 Å². The highest BCUT2D eigenvalue weighted by Crippen LogP contribution is 2.17. The van der Waals surface area contributed by atoms with E-state index in [-0.39, 0.29) is 18.4 Å². The number of aliphatic hydroxyl groups is 1. The van der Waals surface area contributed by atoms with E-state index in [2.05, 4.69) is 4.90 Å². The number of hydrogen-bond acceptors (Lipinski definition) is 4. The topological polar surface area (TPSA) is 49.8 Å². The van der Waals surface area contributed by atoms with Crippen molar-refractivity contribution in [2.45, 2.75) is 32.2 Å². The van der Waals surface area contributed by atoms with Gasteiger partial charge in [0, 0.05) is 6.54 Å². The molecule has 1 atom stereocenters. The molecule has 88 valence electrons. The van der Waals surface area contributed by atoms with Gasteiger partial charge >= 0.3 is 0 Å². The number of aliphatic hydroxyl groups excluding tert-OH is 1. The van der Waals surface area contributed by atoms with E-state index in [1.165, 1.54) is 6.42 Å². The number of carbonyl (C=O) groups excluding carboxylic acids is 1. The molecule has 15 heavy (non-hydrogen) atoms. The second kappa shape index (κ2) is 6.93. The van der Waals surface area contributed by atoms with E-state index in [4.69, 9.17) is 9.84 Å². The second-order valence-electron chi connectivity index (χ2n) is 3.99. The second-order valence-corrected chi connectivity index (χ2v) is 3.99. The Hall–Kier alpha value is -0.450. The molecule has 0 aromatic carbocycles. The molecule has 4 nitrogen and oxygen atoms in total. The summed E-state index contributed by atoms with van der Waals surface area (Å²) in [5, 5.41) is 8.55. The molecule has 0 aliphatic carbocycles. The third-order valence-corrected chi connectivity index (χ3v) is 2.84. The zero-order chi connectivity index (χ0) is 11.1. The van der Waals surface area contributed by atoms with Crippen LogP contribution >= 0.6 is 0 Å². The van der Waals surface area contributed by atoms with E-state index in [0.29, 0.717) is 13.2 Å². The number of piperidine rings is 1. The van der Waals surface area contributed by atoms with Crippen molar-refractivity contribution >= 4 is 5.78 Å². The van der Waals surface area contributed by atoms with Crippen molar-refractivity contribution in [3.05, 3.63) is 0 Å². The molecule has 1 N–H and O–H groups in total. The minimum Gasteiger partial charge on any atom is -0.394 e. The summed E-state index contributed by atoms with van der Waals surface area (Å²) in [6, 6.07) is 0.0940. The first kappa shape index (κ1) is 12.6. The fraction of sp³-hybridized carbons (Fsp3) is 0.909. The molecule has 0 spiro atoms. The van der Waals surface area contributed by atoms with Gasteiger partial charge in [0.15, 0.2) is 0 Å². The van der Waals surface area contributed by atoms with Crippen LogP contribution in [-0.2, 0) is 9.53 Å². The van der Waals surface area contributed by atoms with Crippen molar-refractivity contribution in [2.24, 2.45) is 0 Å². The maximum Gasteiger partial charge on any atom is 0.146 e. The minimum absolute atomic E-state index is 0.0656. The smallest absolute Gasteiger partial charge is 0.146 e. The summed E-state index contributed by atoms with van der Waals surface area (Å²) in [5.74, 6) is 0.261. The van der Waals surface area contributed by atoms with Gasteiger partial charge in [0.1, 0.15) is 5.78 Å². The highest BCUT2D eigenvalue weighted by Gasteiger charge is 2.25. The Morgan fingerprint density at radius 1 is 1.47 bits per heavy atom. The molecule has 1 unspecified atom stereocenters. The van der Waals surface area contributed by atoms with E-state index in [1.54, 1.807) is 6.92 Å². The number of ether oxygens (including phenoxy) is 1. The average molecular weight is 215 g/mol. The van der Waals surface area contributed by atoms with Crippen molar-refractivity contribution in [2.75, 3.05) is 32.9 Å². The molecule has 0 amide bonds. The lowest BCUT2D eigenvalue weighted by atomic mass is 9.99. The summed E-state index contributed by atoms with van der Waals surface area (Å²) >= 11 is 0. The van der Waals surface area contributed by atoms with Gasteiger partial charge < -0.3 is 9.84 Å². The average Bonchev–Trinajstić information content (AvgIpc) is 2.25. The standard InChI is InChI=1S/C11H21NO3/c1-10(14)11-4-2-3-5-12(11)6-8-15-9-7-13/h11,13H,2-9H2,1H3. The third kappa shape index (κ3) is 4.28. The molecule has 0 bridgehead atoms. The van der Waals surface area contributed by atoms with Crippen molar-refractivity contribution in [3.8, 4) is 0 Å². The monoisotopic (exact) mass is 215 g/mol. The van der Waals surface area contributed by atoms with Crippen molar-refractivity contribution in [1.29, 1.82) is 0 Å². The lowest BCUT2D eigenvalue weighted by molar-refractivity contribution is -0.123. The van der Waals surface area contributed by atoms with Crippen LogP contribution in [0.3, 0.4) is 0 Å². The molecule has 0 saturated carbocycles. The van der Waals surface area contributed by atoms with Crippen LogP contribution in [0.4, 0.5) is 0 Å². The number of ketones is 1. The van der Waals surface area contributed by atoms with Gasteiger partial charge in [-0.3, -0.25) is 9.69 Å². The largest absolute Gasteiger partial charge is 0.394 e. The van der Waals surface area contributed by atoms with E-state index in [1.807, 2.05) is 0 Å². The Labute approximate surface area is 91.2 Å². The highest BCUT2D eigenvalue weighted by molar-refractivity contribution is 5.81. The van der Waals surface area contributed by atoms with Crippen LogP contribution in [0.5, 0.6) is 0 Å². The van der Waals surface area contributed by atoms with Gasteiger partial charge in [0.25, 0.3) is 0 Å². The molecule has 0 radical (unpaired) electrons. The quantitative estimate of drug-likeness (QED) is 0.653. The van der Waals surface area contributed by atoms with Gasteiger partial charge in [-0.1, -0.05) is 6.42 Å². The van der Waals surface area contributed by atoms with Gasteiger partial charge in [-0.25, -0.2) is 0 Å². The highest BCUT2D eigenvalue weighted by atomic mass is 16.5. The Bertz CT molecular complexity index is 196. The molecule has 1 saturated heterocycles. The lowest BCUT2D eigenvalue weighted by Gasteiger charge is -2.33. The van der Waals surface area contributed by atoms with Crippen molar-refractivity contribution in [1.82, 2.24) is 4.90 Å². The van der Waals surface area contributed by atoms with Crippen LogP contribution in [0.2, 0.25) is 0 Å². The SMILES string of the molecule is CC(=O)C1CCCCN1CCOCCO. The first-order valence-electron chi connectivity index (χ1n) is 5.69. The molecule has 4 heteroatoms. The molecule has 1 aliphatic rings. The maximum absolute atomic E-state index is 11.4. The fourth-order valence-corrected chi connectivity index (χ4v) is 2.07. The zero-order valence-corrected chi connectivity index (χ0v) is 9.45. The van der Waals surface area contributed by atoms with Crippen LogP contribution in [0.15, 0.2) is 0 Å². The predicted molar refractivity (Wildman–Crippen MR) is 57.8 cm³/mol. The maximum atomic E-state index is 11.4. The van der Waals surface area contributed by atoms with Gasteiger partial charge in [-0.2, -0.15) is 0 Å². The molecule has 1 fully saturated rings. The van der Waals surface area contributed by atoms with E-state index in [9.17, 15) is 4.79 Å². The van der Waals surface area contributed by atoms with Crippen molar-refractivity contribution in [3.63, 3.8) is 0 Å². The Morgan fingerprint density at radius 2 is 2.27 bits per heavy atom. The number of nitrogens with zero attached hydrogens (tertiary/aromatic N) is 1. The summed E-state index contributed by atoms with van der Waals surface area (Å²) < 4.78 is 5.21. The zero-order valence-electron chi connectivity index (χ0n) is 9.45. The number of rotatable bonds is 6. The van der Waals surface area contributed by atoms with Crippen LogP contribution < -0.4 is 0 Å². The Balaban J connectivity index is 2.26. The van der Waals surface area contributed by atoms with E-state index < -0.39 is 0 Å². The van der Waals surface area contributed by atoms with Gasteiger partial charge in [-0.15, -0.1) is 0 Å². The van der Waals surface area contributed by atoms with Gasteiger partial charge in [0.05, 0.1) is 25.9 Å². The summed E-state index contributed by atoms with van der Waals surface area (Å²) in [6.45, 7) is 4.51. The van der Waals surface area contributed by atoms with Crippen molar-refractivity contribution < 1.29 is 14.6 Å². The van der Waals surface area contributed by atoms with Gasteiger partial charge in [0.2, 0.25) is 0 Å². The number of Topliss-reactive ketones (excluding diaryl/α,β-unsaturated/α-hetero) is 1. The van der Waals surface area contributed by atoms with Gasteiger partial charge in [-0.05, 0) is 26.3 Å². The molecular weight excluding hydrogens is 194 g/mol. The molecule has 0 aromatic rings. The number of likely N-dealkylation sites (tertiary alicyclic amines) is 1. The lowest BCUT2D eigenvalue weighted by Crippen LogP contribution is -2.45. The Morgan fingerprint density at radius 3 is 2.93 bits per heavy atom. The molecular formula is C11H21NO3. The van der Waals surface area contributed by atoms with E-state index >= 15 is 0 Å². The van der Waals surface area contributed by atoms with E-state index in [0.717, 1.165) is 25.9 Å². The summed E-state index contributed by atoms with van der Waals surface area (Å²) in [5.41, 5.74) is 0. The fourth-order valence-electron chi connectivity index (χ4n) is 2.07. The summed E-state index contributed by atoms with van der Waals surface area (Å²) in [6.07, 6.45) is 3.30. The molecule has 0 aromatic heterocycles. The van der Waals surface area contributed by atoms with Crippen LogP contribution in [0.1, 0.15) is 26.2 Å². The summed E-state index contributed by atoms with van der Waals surface area (Å²) in [4.78, 5) is 13.6. The van der Waals surface area contributed by atoms with Crippen LogP contribution in [0.25, 0.3) is 0 Å². The Kier molecular flexibility index (Phi) is 5.83. The third-order valence-electron chi connectivity index (χ3n) is 2.84. The molecule has 1 heterocycles. The first-order valence-corrected chi connectivity index (χ1v) is 5.69. The normalized spacial score (nSPS) is 22.9. The molecule has 1 rings (SSSR count).